The lowest BCUT2D eigenvalue weighted by Crippen LogP contribution is -1.90. The molecule has 5 heteroatoms. The highest BCUT2D eigenvalue weighted by atomic mass is 32.2. The SMILES string of the molecule is FC(F)F.NCSc1ccccc1. The Balaban J connectivity index is 0.000000310. The molecular weight excluding hydrogens is 199 g/mol. The molecule has 0 bridgehead atoms. The van der Waals surface area contributed by atoms with Crippen molar-refractivity contribution in [3.05, 3.63) is 30.3 Å². The maximum atomic E-state index is 9.67. The second-order valence-corrected chi connectivity index (χ2v) is 2.96. The predicted molar refractivity (Wildman–Crippen MR) is 48.5 cm³/mol. The van der Waals surface area contributed by atoms with Gasteiger partial charge in [-0.1, -0.05) is 18.2 Å². The number of halogens is 3. The number of alkyl halides is 3. The molecule has 1 rings (SSSR count). The van der Waals surface area contributed by atoms with Gasteiger partial charge in [-0.2, -0.15) is 13.2 Å². The van der Waals surface area contributed by atoms with E-state index < -0.39 is 6.68 Å². The molecule has 0 aliphatic carbocycles. The van der Waals surface area contributed by atoms with Crippen molar-refractivity contribution in [1.29, 1.82) is 0 Å². The molecule has 74 valence electrons. The van der Waals surface area contributed by atoms with Crippen LogP contribution in [0.5, 0.6) is 0 Å². The van der Waals surface area contributed by atoms with Gasteiger partial charge >= 0.3 is 6.68 Å². The zero-order valence-electron chi connectivity index (χ0n) is 6.79. The first-order valence-electron chi connectivity index (χ1n) is 3.47. The largest absolute Gasteiger partial charge is 0.379 e. The maximum absolute atomic E-state index is 9.67. The molecule has 13 heavy (non-hydrogen) atoms. The third-order valence-electron chi connectivity index (χ3n) is 0.993. The molecule has 0 aliphatic rings. The molecule has 0 amide bonds. The second-order valence-electron chi connectivity index (χ2n) is 1.87. The van der Waals surface area contributed by atoms with Crippen LogP contribution in [-0.4, -0.2) is 12.6 Å². The summed E-state index contributed by atoms with van der Waals surface area (Å²) in [6.45, 7) is -3.67. The monoisotopic (exact) mass is 209 g/mol. The van der Waals surface area contributed by atoms with E-state index in [4.69, 9.17) is 5.73 Å². The fraction of sp³-hybridized carbons (Fsp3) is 0.250. The minimum Gasteiger partial charge on any atom is -0.322 e. The summed E-state index contributed by atoms with van der Waals surface area (Å²) in [5.41, 5.74) is 5.32. The lowest BCUT2D eigenvalue weighted by Gasteiger charge is -1.93. The molecule has 0 radical (unpaired) electrons. The van der Waals surface area contributed by atoms with Gasteiger partial charge in [-0.15, -0.1) is 11.8 Å². The minimum atomic E-state index is -3.67. The first-order valence-corrected chi connectivity index (χ1v) is 4.45. The van der Waals surface area contributed by atoms with E-state index in [0.29, 0.717) is 5.88 Å². The number of rotatable bonds is 2. The van der Waals surface area contributed by atoms with Crippen molar-refractivity contribution in [1.82, 2.24) is 0 Å². The topological polar surface area (TPSA) is 26.0 Å². The summed E-state index contributed by atoms with van der Waals surface area (Å²) in [5.74, 6) is 0.657. The van der Waals surface area contributed by atoms with E-state index in [1.807, 2.05) is 18.2 Å². The maximum Gasteiger partial charge on any atom is 0.379 e. The number of hydrogen-bond acceptors (Lipinski definition) is 2. The fourth-order valence-corrected chi connectivity index (χ4v) is 1.15. The highest BCUT2D eigenvalue weighted by Gasteiger charge is 1.86. The number of hydrogen-bond donors (Lipinski definition) is 1. The molecule has 0 atom stereocenters. The van der Waals surface area contributed by atoms with Gasteiger partial charge in [0.1, 0.15) is 0 Å². The molecule has 0 fully saturated rings. The van der Waals surface area contributed by atoms with Crippen molar-refractivity contribution in [2.45, 2.75) is 11.6 Å². The van der Waals surface area contributed by atoms with Gasteiger partial charge in [-0.3, -0.25) is 0 Å². The smallest absolute Gasteiger partial charge is 0.322 e. The first-order chi connectivity index (χ1) is 6.16. The van der Waals surface area contributed by atoms with Crippen molar-refractivity contribution < 1.29 is 13.2 Å². The van der Waals surface area contributed by atoms with Gasteiger partial charge in [0.25, 0.3) is 0 Å². The molecule has 0 aromatic heterocycles. The van der Waals surface area contributed by atoms with Gasteiger partial charge in [0.2, 0.25) is 0 Å². The van der Waals surface area contributed by atoms with Gasteiger partial charge in [0.05, 0.1) is 0 Å². The summed E-state index contributed by atoms with van der Waals surface area (Å²) in [6, 6.07) is 10.1. The number of thioether (sulfide) groups is 1. The van der Waals surface area contributed by atoms with Gasteiger partial charge < -0.3 is 5.73 Å². The lowest BCUT2D eigenvalue weighted by atomic mass is 10.4. The molecule has 0 aliphatic heterocycles. The van der Waals surface area contributed by atoms with Gasteiger partial charge in [-0.05, 0) is 12.1 Å². The zero-order chi connectivity index (χ0) is 10.1. The summed E-state index contributed by atoms with van der Waals surface area (Å²) in [6.07, 6.45) is 0. The third-order valence-corrected chi connectivity index (χ3v) is 1.77. The van der Waals surface area contributed by atoms with Crippen LogP contribution < -0.4 is 5.73 Å². The molecule has 0 spiro atoms. The van der Waals surface area contributed by atoms with Gasteiger partial charge in [0, 0.05) is 10.8 Å². The minimum absolute atomic E-state index is 0.657. The van der Waals surface area contributed by atoms with Crippen LogP contribution in [0.4, 0.5) is 13.2 Å². The van der Waals surface area contributed by atoms with E-state index in [9.17, 15) is 13.2 Å². The van der Waals surface area contributed by atoms with Crippen LogP contribution in [-0.2, 0) is 0 Å². The Morgan fingerprint density at radius 2 is 1.62 bits per heavy atom. The van der Waals surface area contributed by atoms with Crippen molar-refractivity contribution in [2.24, 2.45) is 5.73 Å². The molecule has 1 aromatic rings. The first kappa shape index (κ1) is 12.3. The lowest BCUT2D eigenvalue weighted by molar-refractivity contribution is 0.00819. The van der Waals surface area contributed by atoms with Crippen LogP contribution >= 0.6 is 11.8 Å². The Labute approximate surface area is 79.1 Å². The Kier molecular flexibility index (Phi) is 7.53. The Hall–Kier alpha value is -0.680. The van der Waals surface area contributed by atoms with Crippen molar-refractivity contribution in [3.8, 4) is 0 Å². The molecule has 0 heterocycles. The Bertz CT molecular complexity index is 203. The fourth-order valence-electron chi connectivity index (χ4n) is 0.613. The van der Waals surface area contributed by atoms with Crippen LogP contribution in [0.2, 0.25) is 0 Å². The second kappa shape index (κ2) is 7.94. The highest BCUT2D eigenvalue weighted by molar-refractivity contribution is 7.99. The molecule has 0 saturated heterocycles. The van der Waals surface area contributed by atoms with E-state index in [1.165, 1.54) is 4.90 Å². The molecular formula is C8H10F3NS. The quantitative estimate of drug-likeness (QED) is 0.598. The van der Waals surface area contributed by atoms with E-state index in [0.717, 1.165) is 0 Å². The number of nitrogens with two attached hydrogens (primary N) is 1. The van der Waals surface area contributed by atoms with Gasteiger partial charge in [0.15, 0.2) is 0 Å². The Morgan fingerprint density at radius 1 is 1.15 bits per heavy atom. The normalized spacial score (nSPS) is 9.31. The van der Waals surface area contributed by atoms with E-state index in [2.05, 4.69) is 12.1 Å². The van der Waals surface area contributed by atoms with E-state index in [1.54, 1.807) is 11.8 Å². The van der Waals surface area contributed by atoms with E-state index >= 15 is 0 Å². The standard InChI is InChI=1S/C7H9NS.CHF3/c8-6-9-7-4-2-1-3-5-7;2-1(3)4/h1-5H,6,8H2;1H. The summed E-state index contributed by atoms with van der Waals surface area (Å²) >= 11 is 1.65. The molecule has 1 aromatic carbocycles. The van der Waals surface area contributed by atoms with E-state index in [-0.39, 0.29) is 0 Å². The van der Waals surface area contributed by atoms with Crippen LogP contribution in [0, 0.1) is 0 Å². The molecule has 0 unspecified atom stereocenters. The predicted octanol–water partition coefficient (Wildman–Crippen LogP) is 2.87. The van der Waals surface area contributed by atoms with Crippen molar-refractivity contribution in [3.63, 3.8) is 0 Å². The molecule has 0 saturated carbocycles. The van der Waals surface area contributed by atoms with Crippen molar-refractivity contribution >= 4 is 11.8 Å². The molecule has 1 nitrogen and oxygen atoms in total. The summed E-state index contributed by atoms with van der Waals surface area (Å²) in [5, 5.41) is 0. The summed E-state index contributed by atoms with van der Waals surface area (Å²) in [7, 11) is 0. The average Bonchev–Trinajstić information content (AvgIpc) is 2.06. The summed E-state index contributed by atoms with van der Waals surface area (Å²) in [4.78, 5) is 1.24. The van der Waals surface area contributed by atoms with Crippen LogP contribution in [0.15, 0.2) is 35.2 Å². The number of benzene rings is 1. The summed E-state index contributed by atoms with van der Waals surface area (Å²) < 4.78 is 29.0. The van der Waals surface area contributed by atoms with Gasteiger partial charge in [-0.25, -0.2) is 0 Å². The van der Waals surface area contributed by atoms with Crippen LogP contribution in [0.1, 0.15) is 0 Å². The molecule has 2 N–H and O–H groups in total. The third kappa shape index (κ3) is 9.23. The van der Waals surface area contributed by atoms with Crippen LogP contribution in [0.3, 0.4) is 0 Å². The van der Waals surface area contributed by atoms with Crippen LogP contribution in [0.25, 0.3) is 0 Å². The average molecular weight is 209 g/mol. The van der Waals surface area contributed by atoms with Crippen molar-refractivity contribution in [2.75, 3.05) is 5.88 Å². The zero-order valence-corrected chi connectivity index (χ0v) is 7.61. The Morgan fingerprint density at radius 3 is 2.00 bits per heavy atom. The highest BCUT2D eigenvalue weighted by Crippen LogP contribution is 2.13.